The van der Waals surface area contributed by atoms with Crippen molar-refractivity contribution in [2.75, 3.05) is 25.3 Å². The summed E-state index contributed by atoms with van der Waals surface area (Å²) in [6.45, 7) is 0. The number of thiazole rings is 1. The molecule has 3 rings (SSSR count). The van der Waals surface area contributed by atoms with E-state index in [-0.39, 0.29) is 11.6 Å². The number of nitrogens with one attached hydrogen (secondary N) is 1. The summed E-state index contributed by atoms with van der Waals surface area (Å²) in [7, 11) is 3.06. The van der Waals surface area contributed by atoms with Gasteiger partial charge in [-0.1, -0.05) is 27.3 Å². The van der Waals surface area contributed by atoms with Crippen molar-refractivity contribution in [2.24, 2.45) is 0 Å². The van der Waals surface area contributed by atoms with Gasteiger partial charge in [-0.3, -0.25) is 4.79 Å². The van der Waals surface area contributed by atoms with Gasteiger partial charge in [0.2, 0.25) is 5.78 Å². The van der Waals surface area contributed by atoms with E-state index < -0.39 is 0 Å². The molecule has 134 valence electrons. The van der Waals surface area contributed by atoms with Gasteiger partial charge < -0.3 is 20.5 Å². The molecule has 0 unspecified atom stereocenters. The number of carbonyl (C=O) groups excluding carboxylic acids is 1. The van der Waals surface area contributed by atoms with Gasteiger partial charge in [-0.15, -0.1) is 0 Å². The molecule has 1 aromatic heterocycles. The number of nitrogens with two attached hydrogens (primary N) is 1. The van der Waals surface area contributed by atoms with Gasteiger partial charge in [-0.25, -0.2) is 4.98 Å². The minimum Gasteiger partial charge on any atom is -0.493 e. The van der Waals surface area contributed by atoms with Crippen molar-refractivity contribution in [1.29, 1.82) is 0 Å². The Morgan fingerprint density at radius 2 is 1.81 bits per heavy atom. The van der Waals surface area contributed by atoms with Gasteiger partial charge in [0.15, 0.2) is 16.6 Å². The zero-order chi connectivity index (χ0) is 18.7. The highest BCUT2D eigenvalue weighted by atomic mass is 79.9. The Hall–Kier alpha value is -2.58. The molecular weight excluding hydrogens is 418 g/mol. The molecule has 0 amide bonds. The SMILES string of the molecule is COc1ccc(C(=O)c2sc(Nc3ccc(Br)cc3)nc2N)cc1OC. The number of rotatable bonds is 6. The van der Waals surface area contributed by atoms with Crippen molar-refractivity contribution in [3.8, 4) is 11.5 Å². The number of hydrogen-bond donors (Lipinski definition) is 2. The fourth-order valence-electron chi connectivity index (χ4n) is 2.31. The molecule has 6 nitrogen and oxygen atoms in total. The molecule has 0 spiro atoms. The first-order valence-electron chi connectivity index (χ1n) is 7.57. The molecule has 8 heteroatoms. The number of methoxy groups -OCH3 is 2. The summed E-state index contributed by atoms with van der Waals surface area (Å²) in [4.78, 5) is 17.4. The fraction of sp³-hybridized carbons (Fsp3) is 0.111. The molecule has 26 heavy (non-hydrogen) atoms. The van der Waals surface area contributed by atoms with E-state index in [1.54, 1.807) is 25.3 Å². The van der Waals surface area contributed by atoms with E-state index >= 15 is 0 Å². The Morgan fingerprint density at radius 3 is 2.46 bits per heavy atom. The molecule has 0 bridgehead atoms. The van der Waals surface area contributed by atoms with Crippen LogP contribution in [-0.4, -0.2) is 25.0 Å². The van der Waals surface area contributed by atoms with Gasteiger partial charge in [0.1, 0.15) is 10.7 Å². The molecule has 3 aromatic rings. The van der Waals surface area contributed by atoms with Crippen LogP contribution in [0.3, 0.4) is 0 Å². The van der Waals surface area contributed by atoms with Crippen molar-refractivity contribution in [2.45, 2.75) is 0 Å². The van der Waals surface area contributed by atoms with Crippen LogP contribution < -0.4 is 20.5 Å². The number of anilines is 3. The summed E-state index contributed by atoms with van der Waals surface area (Å²) < 4.78 is 11.4. The number of benzene rings is 2. The minimum atomic E-state index is -0.218. The number of nitrogen functional groups attached to an aromatic ring is 1. The highest BCUT2D eigenvalue weighted by Crippen LogP contribution is 2.33. The van der Waals surface area contributed by atoms with Crippen LogP contribution in [0.25, 0.3) is 0 Å². The predicted molar refractivity (Wildman–Crippen MR) is 107 cm³/mol. The summed E-state index contributed by atoms with van der Waals surface area (Å²) in [5.74, 6) is 1.01. The normalized spacial score (nSPS) is 10.4. The molecule has 0 aliphatic heterocycles. The third kappa shape index (κ3) is 3.81. The topological polar surface area (TPSA) is 86.5 Å². The monoisotopic (exact) mass is 433 g/mol. The lowest BCUT2D eigenvalue weighted by Crippen LogP contribution is -2.03. The first-order chi connectivity index (χ1) is 12.5. The minimum absolute atomic E-state index is 0.189. The van der Waals surface area contributed by atoms with Gasteiger partial charge in [0, 0.05) is 15.7 Å². The van der Waals surface area contributed by atoms with Gasteiger partial charge in [-0.05, 0) is 42.5 Å². The molecular formula is C18H16BrN3O3S. The smallest absolute Gasteiger partial charge is 0.206 e. The van der Waals surface area contributed by atoms with Crippen molar-refractivity contribution < 1.29 is 14.3 Å². The highest BCUT2D eigenvalue weighted by Gasteiger charge is 2.19. The Bertz CT molecular complexity index is 941. The fourth-order valence-corrected chi connectivity index (χ4v) is 3.44. The van der Waals surface area contributed by atoms with Crippen LogP contribution >= 0.6 is 27.3 Å². The lowest BCUT2D eigenvalue weighted by molar-refractivity contribution is 0.104. The van der Waals surface area contributed by atoms with E-state index in [0.29, 0.717) is 27.1 Å². The largest absolute Gasteiger partial charge is 0.493 e. The number of aromatic nitrogens is 1. The zero-order valence-electron chi connectivity index (χ0n) is 14.1. The van der Waals surface area contributed by atoms with Gasteiger partial charge in [0.05, 0.1) is 14.2 Å². The Kier molecular flexibility index (Phi) is 5.43. The lowest BCUT2D eigenvalue weighted by Gasteiger charge is -2.08. The Balaban J connectivity index is 1.86. The maximum absolute atomic E-state index is 12.8. The highest BCUT2D eigenvalue weighted by molar-refractivity contribution is 9.10. The molecule has 0 fully saturated rings. The molecule has 0 aliphatic rings. The van der Waals surface area contributed by atoms with Crippen LogP contribution in [0.5, 0.6) is 11.5 Å². The summed E-state index contributed by atoms with van der Waals surface area (Å²) in [6, 6.07) is 12.6. The summed E-state index contributed by atoms with van der Waals surface area (Å²) in [5.41, 5.74) is 7.26. The molecule has 0 radical (unpaired) electrons. The third-order valence-corrected chi connectivity index (χ3v) is 5.11. The van der Waals surface area contributed by atoms with Gasteiger partial charge >= 0.3 is 0 Å². The van der Waals surface area contributed by atoms with Gasteiger partial charge in [0.25, 0.3) is 0 Å². The molecule has 0 saturated carbocycles. The second-order valence-electron chi connectivity index (χ2n) is 5.26. The van der Waals surface area contributed by atoms with Gasteiger partial charge in [-0.2, -0.15) is 0 Å². The predicted octanol–water partition coefficient (Wildman–Crippen LogP) is 4.48. The van der Waals surface area contributed by atoms with Crippen molar-refractivity contribution in [3.05, 3.63) is 57.4 Å². The van der Waals surface area contributed by atoms with Crippen LogP contribution in [0.1, 0.15) is 15.2 Å². The number of ether oxygens (including phenoxy) is 2. The molecule has 3 N–H and O–H groups in total. The van der Waals surface area contributed by atoms with Crippen molar-refractivity contribution in [3.63, 3.8) is 0 Å². The zero-order valence-corrected chi connectivity index (χ0v) is 16.5. The number of hydrogen-bond acceptors (Lipinski definition) is 7. The van der Waals surface area contributed by atoms with E-state index in [0.717, 1.165) is 10.2 Å². The second kappa shape index (κ2) is 7.76. The van der Waals surface area contributed by atoms with Crippen LogP contribution in [0.4, 0.5) is 16.6 Å². The molecule has 0 saturated heterocycles. The summed E-state index contributed by atoms with van der Waals surface area (Å²) >= 11 is 4.59. The number of ketones is 1. The first-order valence-corrected chi connectivity index (χ1v) is 9.18. The summed E-state index contributed by atoms with van der Waals surface area (Å²) in [5, 5.41) is 3.70. The third-order valence-electron chi connectivity index (χ3n) is 3.60. The average Bonchev–Trinajstić information content (AvgIpc) is 3.02. The maximum atomic E-state index is 12.8. The average molecular weight is 434 g/mol. The van der Waals surface area contributed by atoms with E-state index in [1.165, 1.54) is 18.4 Å². The van der Waals surface area contributed by atoms with Crippen LogP contribution in [0.2, 0.25) is 0 Å². The molecule has 0 aliphatic carbocycles. The lowest BCUT2D eigenvalue weighted by atomic mass is 10.1. The number of carbonyl (C=O) groups is 1. The standard InChI is InChI=1S/C18H16BrN3O3S/c1-24-13-8-3-10(9-14(13)25-2)15(23)16-17(20)22-18(26-16)21-12-6-4-11(19)5-7-12/h3-9H,20H2,1-2H3,(H,21,22). The van der Waals surface area contributed by atoms with Crippen LogP contribution in [0, 0.1) is 0 Å². The van der Waals surface area contributed by atoms with Crippen molar-refractivity contribution >= 4 is 49.7 Å². The van der Waals surface area contributed by atoms with E-state index in [9.17, 15) is 4.79 Å². The molecule has 0 atom stereocenters. The van der Waals surface area contributed by atoms with E-state index in [2.05, 4.69) is 26.2 Å². The second-order valence-corrected chi connectivity index (χ2v) is 7.18. The summed E-state index contributed by atoms with van der Waals surface area (Å²) in [6.07, 6.45) is 0. The Morgan fingerprint density at radius 1 is 1.12 bits per heavy atom. The first kappa shape index (κ1) is 18.2. The van der Waals surface area contributed by atoms with Crippen LogP contribution in [-0.2, 0) is 0 Å². The number of halogens is 1. The maximum Gasteiger partial charge on any atom is 0.206 e. The number of nitrogens with zero attached hydrogens (tertiary/aromatic N) is 1. The quantitative estimate of drug-likeness (QED) is 0.557. The van der Waals surface area contributed by atoms with E-state index in [4.69, 9.17) is 15.2 Å². The van der Waals surface area contributed by atoms with Crippen molar-refractivity contribution in [1.82, 2.24) is 4.98 Å². The molecule has 1 heterocycles. The van der Waals surface area contributed by atoms with E-state index in [1.807, 2.05) is 24.3 Å². The molecule has 2 aromatic carbocycles. The Labute approximate surface area is 163 Å². The van der Waals surface area contributed by atoms with Crippen LogP contribution in [0.15, 0.2) is 46.9 Å².